The molecular weight excluding hydrogens is 312 g/mol. The summed E-state index contributed by atoms with van der Waals surface area (Å²) in [7, 11) is -2.04. The summed E-state index contributed by atoms with van der Waals surface area (Å²) in [5, 5.41) is 0.978. The van der Waals surface area contributed by atoms with E-state index in [0.717, 1.165) is 5.03 Å². The van der Waals surface area contributed by atoms with Gasteiger partial charge in [-0.25, -0.2) is 4.98 Å². The van der Waals surface area contributed by atoms with Crippen molar-refractivity contribution < 1.29 is 17.8 Å². The van der Waals surface area contributed by atoms with Crippen molar-refractivity contribution in [2.75, 3.05) is 5.75 Å². The van der Waals surface area contributed by atoms with Gasteiger partial charge in [-0.3, -0.25) is 9.35 Å². The maximum atomic E-state index is 11.0. The number of hydrogen-bond acceptors (Lipinski definition) is 7. The molecule has 0 aliphatic heterocycles. The lowest BCUT2D eigenvalue weighted by Gasteiger charge is -2.07. The first kappa shape index (κ1) is 16.1. The largest absolute Gasteiger partial charge is 0.306 e. The fourth-order valence-corrected chi connectivity index (χ4v) is 3.95. The Morgan fingerprint density at radius 3 is 2.74 bits per heavy atom. The smallest absolute Gasteiger partial charge is 0.285 e. The van der Waals surface area contributed by atoms with Crippen molar-refractivity contribution in [3.8, 4) is 0 Å². The summed E-state index contributed by atoms with van der Waals surface area (Å²) in [6.07, 6.45) is 1.43. The molecule has 0 radical (unpaired) electrons. The van der Waals surface area contributed by atoms with E-state index in [2.05, 4.69) is 4.98 Å². The number of nitrogens with zero attached hydrogens (tertiary/aromatic N) is 2. The highest BCUT2D eigenvalue weighted by Gasteiger charge is 2.31. The summed E-state index contributed by atoms with van der Waals surface area (Å²) in [6.45, 7) is 0. The minimum atomic E-state index is -4.60. The van der Waals surface area contributed by atoms with Crippen LogP contribution in [0.4, 0.5) is 0 Å². The Morgan fingerprint density at radius 1 is 1.47 bits per heavy atom. The zero-order valence-electron chi connectivity index (χ0n) is 9.50. The molecule has 1 rings (SSSR count). The molecule has 1 amide bonds. The molecule has 0 spiro atoms. The third kappa shape index (κ3) is 5.68. The first-order valence-corrected chi connectivity index (χ1v) is 8.81. The molecule has 19 heavy (non-hydrogen) atoms. The molecule has 1 aromatic heterocycles. The van der Waals surface area contributed by atoms with E-state index in [0.29, 0.717) is 0 Å². The van der Waals surface area contributed by atoms with Gasteiger partial charge in [0.1, 0.15) is 5.03 Å². The van der Waals surface area contributed by atoms with Crippen LogP contribution in [-0.4, -0.2) is 34.9 Å². The Labute approximate surface area is 117 Å². The third-order valence-corrected chi connectivity index (χ3v) is 5.43. The average Bonchev–Trinajstić information content (AvgIpc) is 2.37. The first-order chi connectivity index (χ1) is 8.95. The molecule has 0 aromatic carbocycles. The summed E-state index contributed by atoms with van der Waals surface area (Å²) in [5.74, 6) is -1.14. The zero-order valence-corrected chi connectivity index (χ0v) is 11.9. The molecule has 1 unspecified atom stereocenters. The Bertz CT molecular complexity index is 534. The topological polar surface area (TPSA) is 114 Å². The van der Waals surface area contributed by atoms with Crippen LogP contribution in [0.15, 0.2) is 34.6 Å². The normalized spacial score (nSPS) is 12.9. The molecule has 0 fully saturated rings. The van der Waals surface area contributed by atoms with Crippen molar-refractivity contribution >= 4 is 37.6 Å². The second-order valence-corrected chi connectivity index (χ2v) is 7.33. The summed E-state index contributed by atoms with van der Waals surface area (Å²) in [6, 6.07) is 5.34. The number of rotatable bonds is 7. The molecule has 0 aliphatic carbocycles. The van der Waals surface area contributed by atoms with Crippen LogP contribution in [0.1, 0.15) is 6.42 Å². The number of hydrogen-bond donors (Lipinski definition) is 1. The van der Waals surface area contributed by atoms with Crippen LogP contribution in [0.3, 0.4) is 0 Å². The monoisotopic (exact) mass is 322 g/mol. The van der Waals surface area contributed by atoms with Gasteiger partial charge in [-0.15, -0.1) is 4.91 Å². The van der Waals surface area contributed by atoms with Crippen LogP contribution in [0, 0.1) is 4.91 Å². The van der Waals surface area contributed by atoms with Gasteiger partial charge in [0.25, 0.3) is 10.1 Å². The maximum absolute atomic E-state index is 11.0. The van der Waals surface area contributed by atoms with Crippen molar-refractivity contribution in [3.63, 3.8) is 0 Å². The quantitative estimate of drug-likeness (QED) is 0.349. The number of nitroso groups, excluding NO2 is 1. The van der Waals surface area contributed by atoms with E-state index in [1.54, 1.807) is 24.4 Å². The van der Waals surface area contributed by atoms with E-state index in [1.807, 2.05) is 5.18 Å². The first-order valence-electron chi connectivity index (χ1n) is 4.99. The van der Waals surface area contributed by atoms with Crippen LogP contribution < -0.4 is 0 Å². The summed E-state index contributed by atoms with van der Waals surface area (Å²) in [4.78, 5) is 25.1. The number of carbonyl (C=O) groups is 1. The molecule has 0 aliphatic rings. The second kappa shape index (κ2) is 7.58. The number of aromatic nitrogens is 1. The third-order valence-electron chi connectivity index (χ3n) is 1.97. The van der Waals surface area contributed by atoms with Gasteiger partial charge in [0.2, 0.25) is 0 Å². The summed E-state index contributed by atoms with van der Waals surface area (Å²) < 4.78 is 30.6. The van der Waals surface area contributed by atoms with Gasteiger partial charge in [0, 0.05) is 17.1 Å². The zero-order chi connectivity index (χ0) is 14.3. The van der Waals surface area contributed by atoms with Gasteiger partial charge < -0.3 is 0 Å². The van der Waals surface area contributed by atoms with Gasteiger partial charge in [-0.2, -0.15) is 8.42 Å². The lowest BCUT2D eigenvalue weighted by molar-refractivity contribution is -0.117. The molecule has 1 heterocycles. The van der Waals surface area contributed by atoms with E-state index in [-0.39, 0.29) is 12.2 Å². The summed E-state index contributed by atoms with van der Waals surface area (Å²) >= 11 is 0. The highest BCUT2D eigenvalue weighted by atomic mass is 33.1. The second-order valence-electron chi connectivity index (χ2n) is 3.30. The van der Waals surface area contributed by atoms with E-state index in [9.17, 15) is 18.1 Å². The molecular formula is C9H10N2O5S3. The van der Waals surface area contributed by atoms with Crippen molar-refractivity contribution in [1.82, 2.24) is 4.98 Å². The molecule has 0 saturated carbocycles. The van der Waals surface area contributed by atoms with Crippen molar-refractivity contribution in [1.29, 1.82) is 0 Å². The molecule has 0 saturated heterocycles. The Hall–Kier alpha value is -0.970. The minimum Gasteiger partial charge on any atom is -0.285 e. The van der Waals surface area contributed by atoms with Crippen molar-refractivity contribution in [2.45, 2.75) is 16.7 Å². The predicted molar refractivity (Wildman–Crippen MR) is 73.3 cm³/mol. The molecule has 1 N–H and O–H groups in total. The number of amides is 1. The van der Waals surface area contributed by atoms with Crippen LogP contribution in [-0.2, 0) is 14.9 Å². The molecule has 1 atom stereocenters. The summed E-state index contributed by atoms with van der Waals surface area (Å²) in [5.41, 5.74) is 0. The number of carbonyl (C=O) groups excluding carboxylic acids is 1. The van der Waals surface area contributed by atoms with Gasteiger partial charge >= 0.3 is 5.91 Å². The van der Waals surface area contributed by atoms with E-state index < -0.39 is 21.3 Å². The fraction of sp³-hybridized carbons (Fsp3) is 0.333. The predicted octanol–water partition coefficient (Wildman–Crippen LogP) is 1.76. The Kier molecular flexibility index (Phi) is 6.42. The number of pyridine rings is 1. The van der Waals surface area contributed by atoms with Crippen LogP contribution in [0.25, 0.3) is 0 Å². The fourth-order valence-electron chi connectivity index (χ4n) is 1.11. The van der Waals surface area contributed by atoms with Gasteiger partial charge in [0.05, 0.1) is 0 Å². The van der Waals surface area contributed by atoms with E-state index in [1.165, 1.54) is 21.6 Å². The standard InChI is InChI=1S/C9H10N2O5S3/c12-9(11-13)7(19(14,15)16)4-6-17-18-8-3-1-2-5-10-8/h1-3,5,7H,4,6H2,(H,14,15,16). The molecule has 10 heteroatoms. The van der Waals surface area contributed by atoms with Crippen molar-refractivity contribution in [2.24, 2.45) is 5.18 Å². The lowest BCUT2D eigenvalue weighted by Crippen LogP contribution is -2.29. The van der Waals surface area contributed by atoms with Crippen LogP contribution in [0.5, 0.6) is 0 Å². The molecule has 7 nitrogen and oxygen atoms in total. The van der Waals surface area contributed by atoms with Crippen LogP contribution in [0.2, 0.25) is 0 Å². The van der Waals surface area contributed by atoms with Gasteiger partial charge in [0.15, 0.2) is 5.25 Å². The van der Waals surface area contributed by atoms with Gasteiger partial charge in [-0.05, 0) is 29.3 Å². The van der Waals surface area contributed by atoms with E-state index >= 15 is 0 Å². The molecule has 104 valence electrons. The minimum absolute atomic E-state index is 0.187. The Morgan fingerprint density at radius 2 is 2.21 bits per heavy atom. The van der Waals surface area contributed by atoms with Crippen LogP contribution >= 0.6 is 21.6 Å². The maximum Gasteiger partial charge on any atom is 0.306 e. The van der Waals surface area contributed by atoms with E-state index in [4.69, 9.17) is 4.55 Å². The highest BCUT2D eigenvalue weighted by Crippen LogP contribution is 2.30. The van der Waals surface area contributed by atoms with Crippen molar-refractivity contribution in [3.05, 3.63) is 29.3 Å². The lowest BCUT2D eigenvalue weighted by atomic mass is 10.3. The SMILES string of the molecule is O=NC(=O)C(CCSSc1ccccn1)S(=O)(=O)O. The average molecular weight is 322 g/mol. The van der Waals surface area contributed by atoms with Gasteiger partial charge in [-0.1, -0.05) is 16.9 Å². The highest BCUT2D eigenvalue weighted by molar-refractivity contribution is 8.76. The Balaban J connectivity index is 2.46. The molecule has 1 aromatic rings. The molecule has 0 bridgehead atoms.